The molecule has 2 fully saturated rings. The van der Waals surface area contributed by atoms with E-state index in [1.807, 2.05) is 18.2 Å². The number of nitrogens with zero attached hydrogens (tertiary/aromatic N) is 2. The largest absolute Gasteiger partial charge is 0.488 e. The number of amides is 1. The molecule has 1 atom stereocenters. The number of carbonyl (C=O) groups excluding carboxylic acids is 1. The summed E-state index contributed by atoms with van der Waals surface area (Å²) in [5, 5.41) is 10.9. The van der Waals surface area contributed by atoms with E-state index in [9.17, 15) is 14.9 Å². The third kappa shape index (κ3) is 5.37. The van der Waals surface area contributed by atoms with Crippen LogP contribution in [0.4, 0.5) is 5.69 Å². The van der Waals surface area contributed by atoms with Gasteiger partial charge in [0, 0.05) is 18.7 Å². The summed E-state index contributed by atoms with van der Waals surface area (Å²) >= 11 is 10.2. The third-order valence-corrected chi connectivity index (χ3v) is 7.05. The molecule has 0 aliphatic carbocycles. The summed E-state index contributed by atoms with van der Waals surface area (Å²) in [5.41, 5.74) is 1.56. The minimum absolute atomic E-state index is 0.0253. The van der Waals surface area contributed by atoms with Crippen LogP contribution in [0.3, 0.4) is 0 Å². The normalized spacial score (nSPS) is 19.7. The molecule has 0 aromatic heterocycles. The standard InChI is InChI=1S/C22H19BrN2O5S2/c23-18-10-14(6-7-19(18)30-13-15-3-1-4-16(9-15)25(27)28)11-20-21(26)24(22(31)32-20)12-17-5-2-8-29-17/h1,3-4,6-7,9-11,17H,2,5,8,12-13H2/b20-11-/t17-/m1/s1. The zero-order valence-electron chi connectivity index (χ0n) is 16.9. The van der Waals surface area contributed by atoms with Crippen molar-refractivity contribution in [3.8, 4) is 5.75 Å². The van der Waals surface area contributed by atoms with Crippen molar-refractivity contribution >= 4 is 61.9 Å². The molecule has 2 aromatic rings. The highest BCUT2D eigenvalue weighted by Gasteiger charge is 2.34. The summed E-state index contributed by atoms with van der Waals surface area (Å²) in [7, 11) is 0. The molecule has 0 radical (unpaired) electrons. The van der Waals surface area contributed by atoms with E-state index in [1.54, 1.807) is 23.1 Å². The zero-order valence-corrected chi connectivity index (χ0v) is 20.1. The van der Waals surface area contributed by atoms with Crippen molar-refractivity contribution in [1.29, 1.82) is 0 Å². The van der Waals surface area contributed by atoms with Gasteiger partial charge in [0.15, 0.2) is 0 Å². The average molecular weight is 535 g/mol. The molecule has 0 saturated carbocycles. The number of nitro groups is 1. The maximum atomic E-state index is 12.8. The summed E-state index contributed by atoms with van der Waals surface area (Å²) < 4.78 is 12.7. The van der Waals surface area contributed by atoms with Crippen LogP contribution in [0.2, 0.25) is 0 Å². The van der Waals surface area contributed by atoms with Crippen LogP contribution in [-0.2, 0) is 16.1 Å². The second kappa shape index (κ2) is 10.1. The number of thioether (sulfide) groups is 1. The molecule has 0 spiro atoms. The Balaban J connectivity index is 1.42. The van der Waals surface area contributed by atoms with Gasteiger partial charge in [-0.05, 0) is 58.1 Å². The van der Waals surface area contributed by atoms with E-state index >= 15 is 0 Å². The number of halogens is 1. The van der Waals surface area contributed by atoms with Crippen molar-refractivity contribution in [3.05, 3.63) is 73.1 Å². The van der Waals surface area contributed by atoms with Gasteiger partial charge in [0.2, 0.25) is 0 Å². The molecular formula is C22H19BrN2O5S2. The minimum Gasteiger partial charge on any atom is -0.488 e. The van der Waals surface area contributed by atoms with E-state index in [2.05, 4.69) is 15.9 Å². The van der Waals surface area contributed by atoms with Crippen LogP contribution in [-0.4, -0.2) is 39.3 Å². The quantitative estimate of drug-likeness (QED) is 0.206. The Morgan fingerprint density at radius 1 is 1.34 bits per heavy atom. The fourth-order valence-corrected chi connectivity index (χ4v) is 5.23. The Labute approximate surface area is 203 Å². The Morgan fingerprint density at radius 2 is 2.19 bits per heavy atom. The molecule has 0 N–H and O–H groups in total. The number of hydrogen-bond acceptors (Lipinski definition) is 7. The van der Waals surface area contributed by atoms with Crippen molar-refractivity contribution in [2.24, 2.45) is 0 Å². The number of rotatable bonds is 7. The van der Waals surface area contributed by atoms with Gasteiger partial charge in [0.1, 0.15) is 16.7 Å². The van der Waals surface area contributed by atoms with Crippen molar-refractivity contribution in [1.82, 2.24) is 4.90 Å². The van der Waals surface area contributed by atoms with Crippen molar-refractivity contribution in [2.75, 3.05) is 13.2 Å². The number of non-ortho nitro benzene ring substituents is 1. The van der Waals surface area contributed by atoms with Gasteiger partial charge in [-0.1, -0.05) is 42.2 Å². The van der Waals surface area contributed by atoms with Crippen molar-refractivity contribution in [2.45, 2.75) is 25.6 Å². The number of hydrogen-bond donors (Lipinski definition) is 0. The first-order valence-corrected chi connectivity index (χ1v) is 11.9. The van der Waals surface area contributed by atoms with E-state index in [0.29, 0.717) is 31.6 Å². The lowest BCUT2D eigenvalue weighted by atomic mass is 10.2. The smallest absolute Gasteiger partial charge is 0.269 e. The molecule has 32 heavy (non-hydrogen) atoms. The van der Waals surface area contributed by atoms with Crippen molar-refractivity contribution < 1.29 is 19.2 Å². The third-order valence-electron chi connectivity index (χ3n) is 5.05. The highest BCUT2D eigenvalue weighted by molar-refractivity contribution is 9.10. The van der Waals surface area contributed by atoms with E-state index in [-0.39, 0.29) is 24.3 Å². The Hall–Kier alpha value is -2.27. The van der Waals surface area contributed by atoms with Crippen LogP contribution in [0, 0.1) is 10.1 Å². The monoisotopic (exact) mass is 534 g/mol. The van der Waals surface area contributed by atoms with E-state index in [1.165, 1.54) is 23.9 Å². The van der Waals surface area contributed by atoms with Gasteiger partial charge >= 0.3 is 0 Å². The van der Waals surface area contributed by atoms with Crippen LogP contribution < -0.4 is 4.74 Å². The predicted octanol–water partition coefficient (Wildman–Crippen LogP) is 5.32. The van der Waals surface area contributed by atoms with Crippen LogP contribution >= 0.6 is 39.9 Å². The van der Waals surface area contributed by atoms with E-state index in [0.717, 1.165) is 25.0 Å². The fraction of sp³-hybridized carbons (Fsp3) is 0.273. The zero-order chi connectivity index (χ0) is 22.7. The number of nitro benzene ring substituents is 1. The molecule has 0 unspecified atom stereocenters. The molecule has 2 aliphatic heterocycles. The molecule has 1 amide bonds. The van der Waals surface area contributed by atoms with Gasteiger partial charge < -0.3 is 9.47 Å². The lowest BCUT2D eigenvalue weighted by Gasteiger charge is -2.18. The summed E-state index contributed by atoms with van der Waals surface area (Å²) in [6.07, 6.45) is 3.82. The van der Waals surface area contributed by atoms with Crippen molar-refractivity contribution in [3.63, 3.8) is 0 Å². The first kappa shape index (κ1) is 22.9. The molecule has 166 valence electrons. The lowest BCUT2D eigenvalue weighted by Crippen LogP contribution is -2.35. The molecule has 4 rings (SSSR count). The highest BCUT2D eigenvalue weighted by Crippen LogP contribution is 2.35. The van der Waals surface area contributed by atoms with E-state index < -0.39 is 4.92 Å². The van der Waals surface area contributed by atoms with Gasteiger partial charge in [-0.3, -0.25) is 19.8 Å². The maximum Gasteiger partial charge on any atom is 0.269 e. The molecule has 0 bridgehead atoms. The SMILES string of the molecule is O=C1/C(=C/c2ccc(OCc3cccc([N+](=O)[O-])c3)c(Br)c2)SC(=S)N1C[C@H]1CCCO1. The number of benzene rings is 2. The Bertz CT molecular complexity index is 1100. The summed E-state index contributed by atoms with van der Waals surface area (Å²) in [6, 6.07) is 11.8. The number of carbonyl (C=O) groups is 1. The number of ether oxygens (including phenoxy) is 2. The van der Waals surface area contributed by atoms with Crippen LogP contribution in [0.1, 0.15) is 24.0 Å². The van der Waals surface area contributed by atoms with E-state index in [4.69, 9.17) is 21.7 Å². The molecule has 2 aromatic carbocycles. The van der Waals surface area contributed by atoms with Gasteiger partial charge in [0.25, 0.3) is 11.6 Å². The Morgan fingerprint density at radius 3 is 2.91 bits per heavy atom. The topological polar surface area (TPSA) is 81.9 Å². The average Bonchev–Trinajstić information content (AvgIpc) is 3.37. The summed E-state index contributed by atoms with van der Waals surface area (Å²) in [4.78, 5) is 25.5. The maximum absolute atomic E-state index is 12.8. The first-order chi connectivity index (χ1) is 15.4. The second-order valence-corrected chi connectivity index (χ2v) is 9.86. The summed E-state index contributed by atoms with van der Waals surface area (Å²) in [5.74, 6) is 0.497. The van der Waals surface area contributed by atoms with Gasteiger partial charge in [0.05, 0.1) is 26.9 Å². The second-order valence-electron chi connectivity index (χ2n) is 7.33. The molecule has 7 nitrogen and oxygen atoms in total. The fourth-order valence-electron chi connectivity index (χ4n) is 3.45. The molecular weight excluding hydrogens is 516 g/mol. The minimum atomic E-state index is -0.433. The van der Waals surface area contributed by atoms with Gasteiger partial charge in [-0.2, -0.15) is 0 Å². The number of thiocarbonyl (C=S) groups is 1. The molecule has 2 aliphatic rings. The Kier molecular flexibility index (Phi) is 7.24. The molecule has 2 saturated heterocycles. The lowest BCUT2D eigenvalue weighted by molar-refractivity contribution is -0.384. The summed E-state index contributed by atoms with van der Waals surface area (Å²) in [6.45, 7) is 1.43. The highest BCUT2D eigenvalue weighted by atomic mass is 79.9. The first-order valence-electron chi connectivity index (χ1n) is 9.93. The van der Waals surface area contributed by atoms with Gasteiger partial charge in [-0.25, -0.2) is 0 Å². The molecule has 2 heterocycles. The predicted molar refractivity (Wildman–Crippen MR) is 130 cm³/mol. The van der Waals surface area contributed by atoms with Crippen LogP contribution in [0.25, 0.3) is 6.08 Å². The van der Waals surface area contributed by atoms with Crippen LogP contribution in [0.15, 0.2) is 51.8 Å². The van der Waals surface area contributed by atoms with Crippen LogP contribution in [0.5, 0.6) is 5.75 Å². The van der Waals surface area contributed by atoms with Gasteiger partial charge in [-0.15, -0.1) is 0 Å². The molecule has 10 heteroatoms.